The molecule has 20 heavy (non-hydrogen) atoms. The average Bonchev–Trinajstić information content (AvgIpc) is 2.42. The van der Waals surface area contributed by atoms with Crippen LogP contribution in [-0.2, 0) is 4.79 Å². The van der Waals surface area contributed by atoms with E-state index in [0.29, 0.717) is 24.2 Å². The standard InChI is InChI=1S/C15H20O5/c1-10(5-3-4-6-14(17)18)15(19)11-7-8-13(20-2)12(16)9-11/h4,6-10,15-16,19H,3,5H2,1-2H3,(H,17,18)/b6-4+/t10-,15-/m0/s1. The molecule has 0 aliphatic carbocycles. The topological polar surface area (TPSA) is 87.0 Å². The predicted octanol–water partition coefficient (Wildman–Crippen LogP) is 2.49. The lowest BCUT2D eigenvalue weighted by atomic mass is 9.93. The van der Waals surface area contributed by atoms with E-state index in [2.05, 4.69) is 0 Å². The smallest absolute Gasteiger partial charge is 0.327 e. The third-order valence-corrected chi connectivity index (χ3v) is 3.13. The van der Waals surface area contributed by atoms with Gasteiger partial charge in [0.25, 0.3) is 0 Å². The molecule has 110 valence electrons. The van der Waals surface area contributed by atoms with Crippen LogP contribution in [-0.4, -0.2) is 28.4 Å². The summed E-state index contributed by atoms with van der Waals surface area (Å²) < 4.78 is 4.95. The first-order valence-corrected chi connectivity index (χ1v) is 6.40. The zero-order chi connectivity index (χ0) is 15.1. The summed E-state index contributed by atoms with van der Waals surface area (Å²) in [5.41, 5.74) is 0.609. The summed E-state index contributed by atoms with van der Waals surface area (Å²) in [6.45, 7) is 1.88. The molecule has 0 aromatic heterocycles. The van der Waals surface area contributed by atoms with Crippen molar-refractivity contribution in [3.8, 4) is 11.5 Å². The van der Waals surface area contributed by atoms with Crippen LogP contribution in [0, 0.1) is 5.92 Å². The lowest BCUT2D eigenvalue weighted by Gasteiger charge is -2.19. The highest BCUT2D eigenvalue weighted by Crippen LogP contribution is 2.32. The maximum atomic E-state index is 10.3. The maximum Gasteiger partial charge on any atom is 0.327 e. The van der Waals surface area contributed by atoms with Gasteiger partial charge in [-0.1, -0.05) is 19.1 Å². The number of aliphatic hydroxyl groups is 1. The second-order valence-electron chi connectivity index (χ2n) is 4.67. The van der Waals surface area contributed by atoms with Crippen LogP contribution in [0.2, 0.25) is 0 Å². The van der Waals surface area contributed by atoms with Gasteiger partial charge in [-0.25, -0.2) is 4.79 Å². The van der Waals surface area contributed by atoms with Gasteiger partial charge in [0.2, 0.25) is 0 Å². The monoisotopic (exact) mass is 280 g/mol. The van der Waals surface area contributed by atoms with E-state index in [-0.39, 0.29) is 11.7 Å². The summed E-state index contributed by atoms with van der Waals surface area (Å²) in [6, 6.07) is 4.78. The van der Waals surface area contributed by atoms with Crippen molar-refractivity contribution in [1.82, 2.24) is 0 Å². The van der Waals surface area contributed by atoms with Crippen molar-refractivity contribution >= 4 is 5.97 Å². The number of benzene rings is 1. The van der Waals surface area contributed by atoms with Crippen LogP contribution >= 0.6 is 0 Å². The molecule has 1 aromatic carbocycles. The minimum Gasteiger partial charge on any atom is -0.504 e. The number of rotatable bonds is 7. The fraction of sp³-hybridized carbons (Fsp3) is 0.400. The fourth-order valence-corrected chi connectivity index (χ4v) is 1.92. The number of carboxylic acids is 1. The Bertz CT molecular complexity index is 481. The third kappa shape index (κ3) is 4.59. The van der Waals surface area contributed by atoms with Crippen LogP contribution in [0.1, 0.15) is 31.4 Å². The molecule has 0 heterocycles. The van der Waals surface area contributed by atoms with Crippen molar-refractivity contribution in [2.75, 3.05) is 7.11 Å². The van der Waals surface area contributed by atoms with Crippen molar-refractivity contribution < 1.29 is 24.9 Å². The van der Waals surface area contributed by atoms with E-state index in [1.54, 1.807) is 18.2 Å². The van der Waals surface area contributed by atoms with Crippen molar-refractivity contribution in [2.45, 2.75) is 25.9 Å². The molecule has 1 rings (SSSR count). The summed E-state index contributed by atoms with van der Waals surface area (Å²) in [4.78, 5) is 10.3. The molecule has 3 N–H and O–H groups in total. The number of aromatic hydroxyl groups is 1. The molecule has 0 spiro atoms. The van der Waals surface area contributed by atoms with Gasteiger partial charge in [-0.3, -0.25) is 0 Å². The number of hydrogen-bond donors (Lipinski definition) is 3. The van der Waals surface area contributed by atoms with Crippen molar-refractivity contribution in [2.24, 2.45) is 5.92 Å². The molecule has 0 bridgehead atoms. The van der Waals surface area contributed by atoms with Crippen LogP contribution in [0.15, 0.2) is 30.4 Å². The molecular weight excluding hydrogens is 260 g/mol. The third-order valence-electron chi connectivity index (χ3n) is 3.13. The Labute approximate surface area is 118 Å². The van der Waals surface area contributed by atoms with E-state index >= 15 is 0 Å². The molecule has 0 fully saturated rings. The number of aliphatic carboxylic acids is 1. The minimum absolute atomic E-state index is 0.0120. The normalized spacial score (nSPS) is 14.2. The van der Waals surface area contributed by atoms with Crippen LogP contribution in [0.4, 0.5) is 0 Å². The zero-order valence-electron chi connectivity index (χ0n) is 11.6. The summed E-state index contributed by atoms with van der Waals surface area (Å²) in [6.07, 6.45) is 3.17. The van der Waals surface area contributed by atoms with Gasteiger partial charge in [-0.2, -0.15) is 0 Å². The number of phenols is 1. The average molecular weight is 280 g/mol. The number of ether oxygens (including phenoxy) is 1. The van der Waals surface area contributed by atoms with E-state index in [4.69, 9.17) is 9.84 Å². The van der Waals surface area contributed by atoms with Crippen molar-refractivity contribution in [3.05, 3.63) is 35.9 Å². The van der Waals surface area contributed by atoms with E-state index in [1.165, 1.54) is 13.2 Å². The van der Waals surface area contributed by atoms with Crippen LogP contribution in [0.5, 0.6) is 11.5 Å². The molecule has 2 atom stereocenters. The first kappa shape index (κ1) is 16.0. The Morgan fingerprint density at radius 3 is 2.70 bits per heavy atom. The minimum atomic E-state index is -0.974. The molecule has 0 radical (unpaired) electrons. The van der Waals surface area contributed by atoms with Gasteiger partial charge >= 0.3 is 5.97 Å². The Kier molecular flexibility index (Phi) is 6.06. The van der Waals surface area contributed by atoms with Crippen LogP contribution in [0.25, 0.3) is 0 Å². The van der Waals surface area contributed by atoms with E-state index < -0.39 is 12.1 Å². The number of aliphatic hydroxyl groups excluding tert-OH is 1. The molecule has 0 saturated carbocycles. The Balaban J connectivity index is 2.62. The quantitative estimate of drug-likeness (QED) is 0.668. The summed E-state index contributed by atoms with van der Waals surface area (Å²) in [7, 11) is 1.46. The summed E-state index contributed by atoms with van der Waals surface area (Å²) in [5.74, 6) is -0.681. The van der Waals surface area contributed by atoms with E-state index in [1.807, 2.05) is 6.92 Å². The highest BCUT2D eigenvalue weighted by atomic mass is 16.5. The SMILES string of the molecule is COc1ccc([C@@H](O)[C@@H](C)CC/C=C/C(=O)O)cc1O. The number of hydrogen-bond acceptors (Lipinski definition) is 4. The molecule has 5 nitrogen and oxygen atoms in total. The number of phenolic OH excluding ortho intramolecular Hbond substituents is 1. The second kappa shape index (κ2) is 7.55. The lowest BCUT2D eigenvalue weighted by molar-refractivity contribution is -0.131. The molecule has 0 aliphatic rings. The molecular formula is C15H20O5. The first-order chi connectivity index (χ1) is 9.45. The Morgan fingerprint density at radius 1 is 1.45 bits per heavy atom. The summed E-state index contributed by atoms with van der Waals surface area (Å²) in [5, 5.41) is 28.3. The molecule has 0 amide bonds. The van der Waals surface area contributed by atoms with Gasteiger partial charge in [-0.05, 0) is 36.5 Å². The largest absolute Gasteiger partial charge is 0.504 e. The Morgan fingerprint density at radius 2 is 2.15 bits per heavy atom. The molecule has 0 aliphatic heterocycles. The lowest BCUT2D eigenvalue weighted by Crippen LogP contribution is -2.09. The zero-order valence-corrected chi connectivity index (χ0v) is 11.6. The number of carboxylic acid groups (broad SMARTS) is 1. The van der Waals surface area contributed by atoms with Gasteiger partial charge in [0.15, 0.2) is 11.5 Å². The van der Waals surface area contributed by atoms with Crippen molar-refractivity contribution in [1.29, 1.82) is 0 Å². The van der Waals surface area contributed by atoms with Gasteiger partial charge in [0, 0.05) is 6.08 Å². The van der Waals surface area contributed by atoms with Crippen molar-refractivity contribution in [3.63, 3.8) is 0 Å². The van der Waals surface area contributed by atoms with Gasteiger partial charge in [-0.15, -0.1) is 0 Å². The first-order valence-electron chi connectivity index (χ1n) is 6.40. The number of methoxy groups -OCH3 is 1. The highest BCUT2D eigenvalue weighted by molar-refractivity contribution is 5.79. The van der Waals surface area contributed by atoms with E-state index in [9.17, 15) is 15.0 Å². The molecule has 0 unspecified atom stereocenters. The summed E-state index contributed by atoms with van der Waals surface area (Å²) >= 11 is 0. The van der Waals surface area contributed by atoms with Gasteiger partial charge < -0.3 is 20.1 Å². The highest BCUT2D eigenvalue weighted by Gasteiger charge is 2.17. The van der Waals surface area contributed by atoms with Gasteiger partial charge in [0.05, 0.1) is 13.2 Å². The Hall–Kier alpha value is -2.01. The van der Waals surface area contributed by atoms with Gasteiger partial charge in [0.1, 0.15) is 0 Å². The maximum absolute atomic E-state index is 10.3. The number of allylic oxidation sites excluding steroid dienone is 1. The molecule has 0 saturated heterocycles. The van der Waals surface area contributed by atoms with E-state index in [0.717, 1.165) is 6.08 Å². The van der Waals surface area contributed by atoms with Crippen LogP contribution in [0.3, 0.4) is 0 Å². The number of carbonyl (C=O) groups is 1. The predicted molar refractivity (Wildman–Crippen MR) is 74.8 cm³/mol. The second-order valence-corrected chi connectivity index (χ2v) is 4.67. The molecule has 5 heteroatoms. The molecule has 1 aromatic rings. The van der Waals surface area contributed by atoms with Crippen LogP contribution < -0.4 is 4.74 Å². The fourth-order valence-electron chi connectivity index (χ4n) is 1.92.